The Kier molecular flexibility index (Phi) is 8.04. The van der Waals surface area contributed by atoms with E-state index >= 15 is 0 Å². The van der Waals surface area contributed by atoms with Crippen molar-refractivity contribution in [1.82, 2.24) is 0 Å². The van der Waals surface area contributed by atoms with Gasteiger partial charge in [-0.3, -0.25) is 0 Å². The summed E-state index contributed by atoms with van der Waals surface area (Å²) in [4.78, 5) is 12.7. The fraction of sp³-hybridized carbons (Fsp3) is 0.240. The van der Waals surface area contributed by atoms with E-state index in [1.54, 1.807) is 44.2 Å². The van der Waals surface area contributed by atoms with Crippen molar-refractivity contribution in [3.05, 3.63) is 88.7 Å². The van der Waals surface area contributed by atoms with Crippen molar-refractivity contribution in [3.63, 3.8) is 0 Å². The van der Waals surface area contributed by atoms with Gasteiger partial charge in [-0.05, 0) is 53.9 Å². The van der Waals surface area contributed by atoms with E-state index in [0.717, 1.165) is 12.1 Å². The van der Waals surface area contributed by atoms with E-state index in [9.17, 15) is 22.4 Å². The van der Waals surface area contributed by atoms with Crippen LogP contribution in [0.15, 0.2) is 66.7 Å². The second kappa shape index (κ2) is 10.8. The number of halogens is 5. The van der Waals surface area contributed by atoms with Gasteiger partial charge in [-0.2, -0.15) is 13.2 Å². The molecule has 1 atom stereocenters. The number of alkyl halides is 3. The van der Waals surface area contributed by atoms with Crippen molar-refractivity contribution in [2.24, 2.45) is 5.92 Å². The number of carbonyl (C=O) groups is 1. The fourth-order valence-electron chi connectivity index (χ4n) is 3.05. The maximum Gasteiger partial charge on any atom is 0.416 e. The molecule has 0 aliphatic carbocycles. The van der Waals surface area contributed by atoms with Gasteiger partial charge in [-0.15, -0.1) is 0 Å². The molecule has 0 spiro atoms. The van der Waals surface area contributed by atoms with E-state index in [-0.39, 0.29) is 29.0 Å². The molecule has 0 heterocycles. The molecule has 0 saturated carbocycles. The molecule has 0 aromatic heterocycles. The summed E-state index contributed by atoms with van der Waals surface area (Å²) in [6.07, 6.45) is -4.53. The van der Waals surface area contributed by atoms with Crippen LogP contribution in [0.25, 0.3) is 0 Å². The Morgan fingerprint density at radius 2 is 1.74 bits per heavy atom. The summed E-state index contributed by atoms with van der Waals surface area (Å²) >= 11 is 6.00. The molecule has 0 aliphatic heterocycles. The molecule has 0 radical (unpaired) electrons. The molecule has 0 unspecified atom stereocenters. The molecule has 0 bridgehead atoms. The highest BCUT2D eigenvalue weighted by Gasteiger charge is 2.31. The lowest BCUT2D eigenvalue weighted by Gasteiger charge is -2.23. The van der Waals surface area contributed by atoms with Crippen LogP contribution in [0.1, 0.15) is 25.0 Å². The van der Waals surface area contributed by atoms with Crippen LogP contribution < -0.4 is 10.1 Å². The molecule has 0 fully saturated rings. The highest BCUT2D eigenvalue weighted by molar-refractivity contribution is 6.33. The van der Waals surface area contributed by atoms with Gasteiger partial charge in [0.15, 0.2) is 11.6 Å². The van der Waals surface area contributed by atoms with E-state index in [1.807, 2.05) is 0 Å². The second-order valence-corrected chi connectivity index (χ2v) is 8.25. The molecule has 0 saturated heterocycles. The predicted molar refractivity (Wildman–Crippen MR) is 121 cm³/mol. The lowest BCUT2D eigenvalue weighted by Crippen LogP contribution is -2.36. The molecule has 34 heavy (non-hydrogen) atoms. The first-order valence-corrected chi connectivity index (χ1v) is 10.7. The third-order valence-corrected chi connectivity index (χ3v) is 5.19. The summed E-state index contributed by atoms with van der Waals surface area (Å²) < 4.78 is 63.7. The minimum atomic E-state index is -4.53. The molecular formula is C25H22ClF4NO3. The van der Waals surface area contributed by atoms with Crippen LogP contribution in [0.5, 0.6) is 11.5 Å². The third kappa shape index (κ3) is 6.63. The van der Waals surface area contributed by atoms with Gasteiger partial charge in [-0.25, -0.2) is 9.18 Å². The van der Waals surface area contributed by atoms with E-state index < -0.39 is 29.6 Å². The highest BCUT2D eigenvalue weighted by atomic mass is 35.5. The standard InChI is InChI=1S/C25H22ClF4NO3/c1-15(2)23(31-21-11-9-17(13-19(21)26)25(28,29)30)24(32)33-14-16-8-10-20(27)22(12-16)34-18-6-4-3-5-7-18/h3-13,15,23,31H,14H2,1-2H3/t23-/m0/s1. The second-order valence-electron chi connectivity index (χ2n) is 7.85. The third-order valence-electron chi connectivity index (χ3n) is 4.88. The summed E-state index contributed by atoms with van der Waals surface area (Å²) in [6.45, 7) is 3.34. The fourth-order valence-corrected chi connectivity index (χ4v) is 3.28. The maximum atomic E-state index is 14.1. The minimum Gasteiger partial charge on any atom is -0.459 e. The maximum absolute atomic E-state index is 14.1. The zero-order valence-electron chi connectivity index (χ0n) is 18.3. The van der Waals surface area contributed by atoms with Gasteiger partial charge in [0.2, 0.25) is 0 Å². The number of rotatable bonds is 8. The number of hydrogen-bond donors (Lipinski definition) is 1. The first-order valence-electron chi connectivity index (χ1n) is 10.4. The summed E-state index contributed by atoms with van der Waals surface area (Å²) in [5, 5.41) is 2.68. The number of ether oxygens (including phenoxy) is 2. The summed E-state index contributed by atoms with van der Waals surface area (Å²) in [5.41, 5.74) is -0.224. The Balaban J connectivity index is 1.68. The lowest BCUT2D eigenvalue weighted by molar-refractivity contribution is -0.147. The van der Waals surface area contributed by atoms with Crippen molar-refractivity contribution in [2.75, 3.05) is 5.32 Å². The number of anilines is 1. The molecule has 9 heteroatoms. The van der Waals surface area contributed by atoms with Crippen LogP contribution in [0.2, 0.25) is 5.02 Å². The Bertz CT molecular complexity index is 1140. The molecule has 180 valence electrons. The molecule has 3 aromatic carbocycles. The molecule has 1 N–H and O–H groups in total. The molecule has 3 rings (SSSR count). The van der Waals surface area contributed by atoms with E-state index in [4.69, 9.17) is 21.1 Å². The quantitative estimate of drug-likeness (QED) is 0.260. The number of carbonyl (C=O) groups excluding carboxylic acids is 1. The normalized spacial score (nSPS) is 12.4. The van der Waals surface area contributed by atoms with Crippen LogP contribution in [0.3, 0.4) is 0 Å². The van der Waals surface area contributed by atoms with Crippen LogP contribution in [0.4, 0.5) is 23.2 Å². The van der Waals surface area contributed by atoms with Crippen molar-refractivity contribution < 1.29 is 31.8 Å². The average Bonchev–Trinajstić information content (AvgIpc) is 2.78. The number of nitrogens with one attached hydrogen (secondary N) is 1. The zero-order chi connectivity index (χ0) is 24.9. The van der Waals surface area contributed by atoms with Gasteiger partial charge in [0.1, 0.15) is 18.4 Å². The number of esters is 1. The van der Waals surface area contributed by atoms with Crippen molar-refractivity contribution >= 4 is 23.3 Å². The number of para-hydroxylation sites is 1. The van der Waals surface area contributed by atoms with E-state index in [1.165, 1.54) is 24.3 Å². The van der Waals surface area contributed by atoms with Gasteiger partial charge < -0.3 is 14.8 Å². The molecule has 4 nitrogen and oxygen atoms in total. The first kappa shape index (κ1) is 25.4. The smallest absolute Gasteiger partial charge is 0.416 e. The molecule has 0 amide bonds. The highest BCUT2D eigenvalue weighted by Crippen LogP contribution is 2.34. The summed E-state index contributed by atoms with van der Waals surface area (Å²) in [5.74, 6) is -1.04. The van der Waals surface area contributed by atoms with Crippen molar-refractivity contribution in [2.45, 2.75) is 32.7 Å². The van der Waals surface area contributed by atoms with Crippen LogP contribution in [0, 0.1) is 11.7 Å². The topological polar surface area (TPSA) is 47.6 Å². The monoisotopic (exact) mass is 495 g/mol. The Labute approximate surface area is 199 Å². The van der Waals surface area contributed by atoms with Gasteiger partial charge in [0.05, 0.1) is 16.3 Å². The average molecular weight is 496 g/mol. The van der Waals surface area contributed by atoms with Crippen LogP contribution >= 0.6 is 11.6 Å². The van der Waals surface area contributed by atoms with Crippen LogP contribution in [-0.4, -0.2) is 12.0 Å². The summed E-state index contributed by atoms with van der Waals surface area (Å²) in [6, 6.07) is 14.7. The Morgan fingerprint density at radius 1 is 1.03 bits per heavy atom. The van der Waals surface area contributed by atoms with E-state index in [0.29, 0.717) is 11.3 Å². The van der Waals surface area contributed by atoms with Crippen molar-refractivity contribution in [3.8, 4) is 11.5 Å². The Hall–Kier alpha value is -3.26. The van der Waals surface area contributed by atoms with Gasteiger partial charge in [-0.1, -0.05) is 49.7 Å². The number of benzene rings is 3. The molecule has 3 aromatic rings. The lowest BCUT2D eigenvalue weighted by atomic mass is 10.0. The van der Waals surface area contributed by atoms with Gasteiger partial charge in [0, 0.05) is 0 Å². The largest absolute Gasteiger partial charge is 0.459 e. The summed E-state index contributed by atoms with van der Waals surface area (Å²) in [7, 11) is 0. The first-order chi connectivity index (χ1) is 16.0. The molecular weight excluding hydrogens is 474 g/mol. The van der Waals surface area contributed by atoms with Crippen LogP contribution in [-0.2, 0) is 22.3 Å². The Morgan fingerprint density at radius 3 is 2.35 bits per heavy atom. The van der Waals surface area contributed by atoms with E-state index in [2.05, 4.69) is 5.32 Å². The SMILES string of the molecule is CC(C)[C@H](Nc1ccc(C(F)(F)F)cc1Cl)C(=O)OCc1ccc(F)c(Oc2ccccc2)c1. The molecule has 0 aliphatic rings. The predicted octanol–water partition coefficient (Wildman–Crippen LogP) is 7.47. The van der Waals surface area contributed by atoms with Gasteiger partial charge in [0.25, 0.3) is 0 Å². The zero-order valence-corrected chi connectivity index (χ0v) is 19.1. The van der Waals surface area contributed by atoms with Gasteiger partial charge >= 0.3 is 12.1 Å². The minimum absolute atomic E-state index is 0.0187. The number of hydrogen-bond acceptors (Lipinski definition) is 4. The van der Waals surface area contributed by atoms with Crippen molar-refractivity contribution in [1.29, 1.82) is 0 Å².